The predicted molar refractivity (Wildman–Crippen MR) is 157 cm³/mol. The molecule has 0 amide bonds. The Kier molecular flexibility index (Phi) is 7.02. The highest BCUT2D eigenvalue weighted by Crippen LogP contribution is 2.51. The third-order valence-corrected chi connectivity index (χ3v) is 7.19. The molecule has 38 heavy (non-hydrogen) atoms. The zero-order chi connectivity index (χ0) is 26.6. The Labute approximate surface area is 225 Å². The number of phenolic OH excluding ortho intramolecular Hbond substituents is 1. The highest BCUT2D eigenvalue weighted by Gasteiger charge is 2.41. The van der Waals surface area contributed by atoms with E-state index in [4.69, 9.17) is 0 Å². The Bertz CT molecular complexity index is 1380. The normalized spacial score (nSPS) is 11.8. The second kappa shape index (κ2) is 10.5. The molecule has 4 aromatic carbocycles. The minimum Gasteiger partial charge on any atom is -0.505 e. The number of nitrogens with zero attached hydrogens (tertiary/aromatic N) is 1. The lowest BCUT2D eigenvalue weighted by molar-refractivity contribution is 0.460. The van der Waals surface area contributed by atoms with Crippen LogP contribution in [0.3, 0.4) is 0 Å². The minimum atomic E-state index is -0.740. The highest BCUT2D eigenvalue weighted by molar-refractivity contribution is 5.71. The van der Waals surface area contributed by atoms with E-state index in [0.29, 0.717) is 12.2 Å². The van der Waals surface area contributed by atoms with Crippen LogP contribution in [-0.2, 0) is 17.4 Å². The van der Waals surface area contributed by atoms with Gasteiger partial charge in [0.15, 0.2) is 0 Å². The Morgan fingerprint density at radius 2 is 1.13 bits per heavy atom. The van der Waals surface area contributed by atoms with Gasteiger partial charge < -0.3 is 10.4 Å². The van der Waals surface area contributed by atoms with E-state index < -0.39 is 5.41 Å². The van der Waals surface area contributed by atoms with Crippen LogP contribution in [0.25, 0.3) is 0 Å². The SMILES string of the molecule is CC(C)(C)c1cc(NCc2ccccn2)c(O)c(C(c2ccccc2)(c2ccccc2)c2ccccc2)c1. The van der Waals surface area contributed by atoms with Gasteiger partial charge in [0.2, 0.25) is 0 Å². The molecule has 1 aromatic heterocycles. The van der Waals surface area contributed by atoms with Crippen molar-refractivity contribution in [2.24, 2.45) is 0 Å². The number of nitrogens with one attached hydrogen (secondary N) is 1. The molecule has 0 saturated heterocycles. The molecule has 3 nitrogen and oxygen atoms in total. The summed E-state index contributed by atoms with van der Waals surface area (Å²) < 4.78 is 0. The summed E-state index contributed by atoms with van der Waals surface area (Å²) in [6.07, 6.45) is 1.79. The summed E-state index contributed by atoms with van der Waals surface area (Å²) in [7, 11) is 0. The Morgan fingerprint density at radius 1 is 0.632 bits per heavy atom. The first-order valence-corrected chi connectivity index (χ1v) is 13.1. The largest absolute Gasteiger partial charge is 0.505 e. The van der Waals surface area contributed by atoms with Gasteiger partial charge in [-0.3, -0.25) is 4.98 Å². The van der Waals surface area contributed by atoms with Crippen LogP contribution in [-0.4, -0.2) is 10.1 Å². The molecule has 0 aliphatic carbocycles. The lowest BCUT2D eigenvalue weighted by atomic mass is 9.64. The van der Waals surface area contributed by atoms with Crippen molar-refractivity contribution in [2.75, 3.05) is 5.32 Å². The molecule has 2 N–H and O–H groups in total. The summed E-state index contributed by atoms with van der Waals surface area (Å²) in [5, 5.41) is 15.6. The van der Waals surface area contributed by atoms with Gasteiger partial charge in [0.05, 0.1) is 23.3 Å². The fraction of sp³-hybridized carbons (Fsp3) is 0.171. The molecule has 0 atom stereocenters. The van der Waals surface area contributed by atoms with Crippen molar-refractivity contribution in [1.29, 1.82) is 0 Å². The van der Waals surface area contributed by atoms with Crippen LogP contribution in [0.2, 0.25) is 0 Å². The van der Waals surface area contributed by atoms with Gasteiger partial charge in [0.1, 0.15) is 5.75 Å². The van der Waals surface area contributed by atoms with Crippen molar-refractivity contribution in [3.8, 4) is 5.75 Å². The van der Waals surface area contributed by atoms with E-state index in [-0.39, 0.29) is 11.2 Å². The molecule has 0 aliphatic rings. The van der Waals surface area contributed by atoms with Crippen LogP contribution in [0.5, 0.6) is 5.75 Å². The molecule has 1 heterocycles. The smallest absolute Gasteiger partial charge is 0.143 e. The maximum atomic E-state index is 12.1. The number of phenols is 1. The summed E-state index contributed by atoms with van der Waals surface area (Å²) in [6, 6.07) is 41.6. The quantitative estimate of drug-likeness (QED) is 0.176. The Balaban J connectivity index is 1.84. The molecular weight excluding hydrogens is 464 g/mol. The first kappa shape index (κ1) is 25.3. The second-order valence-corrected chi connectivity index (χ2v) is 10.7. The number of anilines is 1. The monoisotopic (exact) mass is 498 g/mol. The van der Waals surface area contributed by atoms with E-state index in [1.165, 1.54) is 0 Å². The van der Waals surface area contributed by atoms with Crippen LogP contribution >= 0.6 is 0 Å². The number of benzene rings is 4. The fourth-order valence-electron chi connectivity index (χ4n) is 5.21. The van der Waals surface area contributed by atoms with Crippen molar-refractivity contribution < 1.29 is 5.11 Å². The first-order chi connectivity index (χ1) is 18.4. The highest BCUT2D eigenvalue weighted by atomic mass is 16.3. The van der Waals surface area contributed by atoms with Gasteiger partial charge in [0, 0.05) is 11.8 Å². The fourth-order valence-corrected chi connectivity index (χ4v) is 5.21. The van der Waals surface area contributed by atoms with Crippen molar-refractivity contribution >= 4 is 5.69 Å². The standard InChI is InChI=1S/C35H34N2O/c1-34(2,3)29-23-31(33(38)32(24-29)37-25-30-21-13-14-22-36-30)35(26-15-7-4-8-16-26,27-17-9-5-10-18-27)28-19-11-6-12-20-28/h4-24,37-38H,25H2,1-3H3. The topological polar surface area (TPSA) is 45.2 Å². The molecule has 0 spiro atoms. The third kappa shape index (κ3) is 4.80. The number of hydrogen-bond donors (Lipinski definition) is 2. The summed E-state index contributed by atoms with van der Waals surface area (Å²) in [4.78, 5) is 4.46. The van der Waals surface area contributed by atoms with E-state index in [2.05, 4.69) is 116 Å². The maximum absolute atomic E-state index is 12.1. The molecule has 0 unspecified atom stereocenters. The van der Waals surface area contributed by atoms with E-state index in [1.807, 2.05) is 36.4 Å². The van der Waals surface area contributed by atoms with Crippen molar-refractivity contribution in [1.82, 2.24) is 4.98 Å². The van der Waals surface area contributed by atoms with E-state index in [0.717, 1.165) is 33.5 Å². The van der Waals surface area contributed by atoms with Crippen LogP contribution in [0.1, 0.15) is 54.3 Å². The van der Waals surface area contributed by atoms with Gasteiger partial charge in [-0.25, -0.2) is 0 Å². The number of rotatable bonds is 7. The van der Waals surface area contributed by atoms with Crippen LogP contribution < -0.4 is 5.32 Å². The van der Waals surface area contributed by atoms with Gasteiger partial charge in [-0.1, -0.05) is 118 Å². The van der Waals surface area contributed by atoms with E-state index in [9.17, 15) is 5.11 Å². The van der Waals surface area contributed by atoms with Crippen LogP contribution in [0.15, 0.2) is 128 Å². The summed E-state index contributed by atoms with van der Waals surface area (Å²) in [5.74, 6) is 0.241. The minimum absolute atomic E-state index is 0.139. The number of pyridine rings is 1. The molecule has 0 bridgehead atoms. The molecule has 0 aliphatic heterocycles. The molecule has 0 radical (unpaired) electrons. The van der Waals surface area contributed by atoms with Crippen molar-refractivity contribution in [3.05, 3.63) is 161 Å². The molecule has 0 fully saturated rings. The molecule has 190 valence electrons. The Hall–Kier alpha value is -4.37. The average molecular weight is 499 g/mol. The molecule has 0 saturated carbocycles. The van der Waals surface area contributed by atoms with Gasteiger partial charge in [-0.05, 0) is 51.9 Å². The van der Waals surface area contributed by atoms with Gasteiger partial charge in [0.25, 0.3) is 0 Å². The third-order valence-electron chi connectivity index (χ3n) is 7.19. The zero-order valence-corrected chi connectivity index (χ0v) is 22.2. The maximum Gasteiger partial charge on any atom is 0.143 e. The summed E-state index contributed by atoms with van der Waals surface area (Å²) in [6.45, 7) is 7.14. The Morgan fingerprint density at radius 3 is 1.58 bits per heavy atom. The van der Waals surface area contributed by atoms with Gasteiger partial charge in [-0.15, -0.1) is 0 Å². The van der Waals surface area contributed by atoms with Gasteiger partial charge >= 0.3 is 0 Å². The second-order valence-electron chi connectivity index (χ2n) is 10.7. The zero-order valence-electron chi connectivity index (χ0n) is 22.2. The number of aromatic hydroxyl groups is 1. The van der Waals surface area contributed by atoms with Crippen LogP contribution in [0.4, 0.5) is 5.69 Å². The van der Waals surface area contributed by atoms with Crippen molar-refractivity contribution in [2.45, 2.75) is 38.1 Å². The van der Waals surface area contributed by atoms with E-state index in [1.54, 1.807) is 6.20 Å². The van der Waals surface area contributed by atoms with Crippen LogP contribution in [0, 0.1) is 0 Å². The molecule has 5 aromatic rings. The molecule has 3 heteroatoms. The lowest BCUT2D eigenvalue weighted by Gasteiger charge is -2.38. The van der Waals surface area contributed by atoms with Crippen molar-refractivity contribution in [3.63, 3.8) is 0 Å². The molecular formula is C35H34N2O. The van der Waals surface area contributed by atoms with E-state index >= 15 is 0 Å². The average Bonchev–Trinajstić information content (AvgIpc) is 2.95. The lowest BCUT2D eigenvalue weighted by Crippen LogP contribution is -2.32. The van der Waals surface area contributed by atoms with Gasteiger partial charge in [-0.2, -0.15) is 0 Å². The predicted octanol–water partition coefficient (Wildman–Crippen LogP) is 8.08. The molecule has 5 rings (SSSR count). The summed E-state index contributed by atoms with van der Waals surface area (Å²) >= 11 is 0. The first-order valence-electron chi connectivity index (χ1n) is 13.1. The summed E-state index contributed by atoms with van der Waals surface area (Å²) in [5.41, 5.74) is 5.99. The number of hydrogen-bond acceptors (Lipinski definition) is 3. The number of aromatic nitrogens is 1.